The van der Waals surface area contributed by atoms with E-state index < -0.39 is 5.54 Å². The SMILES string of the molecule is CC(C)N1C(=O)c2cc3sccc3n2CC1(C)C(=O)NC1CCCCC1. The van der Waals surface area contributed by atoms with Crippen molar-refractivity contribution in [1.29, 1.82) is 0 Å². The van der Waals surface area contributed by atoms with Gasteiger partial charge >= 0.3 is 0 Å². The number of fused-ring (bicyclic) bond motifs is 3. The Bertz CT molecular complexity index is 846. The lowest BCUT2D eigenvalue weighted by molar-refractivity contribution is -0.134. The third-order valence-electron chi connectivity index (χ3n) is 5.90. The van der Waals surface area contributed by atoms with Crippen LogP contribution in [0.25, 0.3) is 10.2 Å². The number of nitrogens with one attached hydrogen (secondary N) is 1. The van der Waals surface area contributed by atoms with Gasteiger partial charge in [-0.1, -0.05) is 19.3 Å². The van der Waals surface area contributed by atoms with Crippen molar-refractivity contribution in [3.8, 4) is 0 Å². The van der Waals surface area contributed by atoms with Crippen LogP contribution in [0.3, 0.4) is 0 Å². The van der Waals surface area contributed by atoms with Crippen molar-refractivity contribution in [1.82, 2.24) is 14.8 Å². The van der Waals surface area contributed by atoms with E-state index in [1.807, 2.05) is 42.9 Å². The van der Waals surface area contributed by atoms with Gasteiger partial charge in [-0.05, 0) is 51.1 Å². The molecular formula is C20H27N3O2S. The van der Waals surface area contributed by atoms with Crippen LogP contribution >= 0.6 is 11.3 Å². The molecule has 2 aromatic rings. The molecule has 1 unspecified atom stereocenters. The molecule has 0 radical (unpaired) electrons. The summed E-state index contributed by atoms with van der Waals surface area (Å²) in [5, 5.41) is 5.29. The predicted molar refractivity (Wildman–Crippen MR) is 105 cm³/mol. The molecule has 1 saturated carbocycles. The van der Waals surface area contributed by atoms with E-state index in [0.717, 1.165) is 23.1 Å². The van der Waals surface area contributed by atoms with E-state index in [4.69, 9.17) is 0 Å². The van der Waals surface area contributed by atoms with Gasteiger partial charge in [0.15, 0.2) is 0 Å². The molecule has 1 N–H and O–H groups in total. The second kappa shape index (κ2) is 6.41. The molecule has 2 aliphatic rings. The summed E-state index contributed by atoms with van der Waals surface area (Å²) in [6.07, 6.45) is 5.68. The molecule has 1 aliphatic heterocycles. The quantitative estimate of drug-likeness (QED) is 0.890. The van der Waals surface area contributed by atoms with E-state index in [9.17, 15) is 9.59 Å². The first-order chi connectivity index (χ1) is 12.4. The number of nitrogens with zero attached hydrogens (tertiary/aromatic N) is 2. The lowest BCUT2D eigenvalue weighted by Crippen LogP contribution is -2.66. The van der Waals surface area contributed by atoms with Crippen molar-refractivity contribution in [3.05, 3.63) is 23.2 Å². The number of amides is 2. The average molecular weight is 374 g/mol. The highest BCUT2D eigenvalue weighted by Gasteiger charge is 2.49. The summed E-state index contributed by atoms with van der Waals surface area (Å²) in [6.45, 7) is 6.41. The van der Waals surface area contributed by atoms with Crippen molar-refractivity contribution in [3.63, 3.8) is 0 Å². The molecule has 4 rings (SSSR count). The molecule has 140 valence electrons. The van der Waals surface area contributed by atoms with Gasteiger partial charge in [-0.15, -0.1) is 11.3 Å². The average Bonchev–Trinajstić information content (AvgIpc) is 3.18. The van der Waals surface area contributed by atoms with E-state index in [1.54, 1.807) is 16.2 Å². The van der Waals surface area contributed by atoms with Gasteiger partial charge in [0.05, 0.1) is 16.8 Å². The van der Waals surface area contributed by atoms with Crippen LogP contribution in [0.1, 0.15) is 63.4 Å². The Morgan fingerprint density at radius 2 is 2.04 bits per heavy atom. The van der Waals surface area contributed by atoms with Crippen LogP contribution < -0.4 is 5.32 Å². The van der Waals surface area contributed by atoms with Crippen LogP contribution in [0.15, 0.2) is 17.5 Å². The van der Waals surface area contributed by atoms with E-state index in [-0.39, 0.29) is 23.9 Å². The Morgan fingerprint density at radius 3 is 2.73 bits per heavy atom. The summed E-state index contributed by atoms with van der Waals surface area (Å²) in [4.78, 5) is 28.4. The number of aromatic nitrogens is 1. The number of carbonyl (C=O) groups excluding carboxylic acids is 2. The number of thiophene rings is 1. The molecule has 1 fully saturated rings. The molecule has 0 bridgehead atoms. The zero-order valence-electron chi connectivity index (χ0n) is 15.7. The van der Waals surface area contributed by atoms with Crippen LogP contribution in [0.4, 0.5) is 0 Å². The van der Waals surface area contributed by atoms with Crippen molar-refractivity contribution in [2.75, 3.05) is 0 Å². The minimum absolute atomic E-state index is 0.0193. The molecule has 0 saturated heterocycles. The summed E-state index contributed by atoms with van der Waals surface area (Å²) in [5.74, 6) is -0.0647. The van der Waals surface area contributed by atoms with Crippen LogP contribution in [0, 0.1) is 0 Å². The molecule has 0 aromatic carbocycles. The third kappa shape index (κ3) is 2.66. The number of hydrogen-bond acceptors (Lipinski definition) is 3. The maximum atomic E-state index is 13.3. The molecule has 3 heterocycles. The van der Waals surface area contributed by atoms with E-state index >= 15 is 0 Å². The summed E-state index contributed by atoms with van der Waals surface area (Å²) in [7, 11) is 0. The Labute approximate surface area is 158 Å². The molecule has 26 heavy (non-hydrogen) atoms. The number of carbonyl (C=O) groups is 2. The second-order valence-corrected chi connectivity index (χ2v) is 9.08. The Morgan fingerprint density at radius 1 is 1.31 bits per heavy atom. The molecule has 2 aromatic heterocycles. The van der Waals surface area contributed by atoms with Gasteiger partial charge in [0.25, 0.3) is 5.91 Å². The first-order valence-electron chi connectivity index (χ1n) is 9.63. The van der Waals surface area contributed by atoms with E-state index in [0.29, 0.717) is 12.2 Å². The van der Waals surface area contributed by atoms with Crippen molar-refractivity contribution >= 4 is 33.4 Å². The topological polar surface area (TPSA) is 54.3 Å². The lowest BCUT2D eigenvalue weighted by atomic mass is 9.90. The second-order valence-electron chi connectivity index (χ2n) is 8.14. The highest BCUT2D eigenvalue weighted by atomic mass is 32.1. The van der Waals surface area contributed by atoms with Gasteiger partial charge in [-0.2, -0.15) is 0 Å². The first-order valence-corrected chi connectivity index (χ1v) is 10.5. The number of hydrogen-bond donors (Lipinski definition) is 1. The van der Waals surface area contributed by atoms with Crippen LogP contribution in [-0.4, -0.2) is 38.9 Å². The fourth-order valence-corrected chi connectivity index (χ4v) is 5.45. The van der Waals surface area contributed by atoms with Gasteiger partial charge in [0, 0.05) is 12.1 Å². The summed E-state index contributed by atoms with van der Waals surface area (Å²) < 4.78 is 3.14. The predicted octanol–water partition coefficient (Wildman–Crippen LogP) is 3.77. The van der Waals surface area contributed by atoms with Crippen molar-refractivity contribution < 1.29 is 9.59 Å². The Kier molecular flexibility index (Phi) is 4.34. The monoisotopic (exact) mass is 373 g/mol. The standard InChI is InChI=1S/C20H27N3O2S/c1-13(2)23-18(24)16-11-17-15(9-10-26-17)22(16)12-20(23,3)19(25)21-14-7-5-4-6-8-14/h9-11,13-14H,4-8,12H2,1-3H3,(H,21,25). The largest absolute Gasteiger partial charge is 0.351 e. The van der Waals surface area contributed by atoms with Crippen molar-refractivity contribution in [2.24, 2.45) is 0 Å². The van der Waals surface area contributed by atoms with E-state index in [1.165, 1.54) is 19.3 Å². The first kappa shape index (κ1) is 17.6. The van der Waals surface area contributed by atoms with Gasteiger partial charge in [0.1, 0.15) is 11.2 Å². The maximum absolute atomic E-state index is 13.3. The molecule has 5 nitrogen and oxygen atoms in total. The maximum Gasteiger partial charge on any atom is 0.271 e. The minimum Gasteiger partial charge on any atom is -0.351 e. The molecule has 6 heteroatoms. The summed E-state index contributed by atoms with van der Waals surface area (Å²) >= 11 is 1.64. The van der Waals surface area contributed by atoms with Crippen LogP contribution in [-0.2, 0) is 11.3 Å². The molecule has 1 atom stereocenters. The number of rotatable bonds is 3. The molecular weight excluding hydrogens is 346 g/mol. The zero-order valence-corrected chi connectivity index (χ0v) is 16.6. The molecule has 0 spiro atoms. The van der Waals surface area contributed by atoms with Crippen LogP contribution in [0.2, 0.25) is 0 Å². The van der Waals surface area contributed by atoms with Gasteiger partial charge in [0.2, 0.25) is 5.91 Å². The molecule has 1 aliphatic carbocycles. The van der Waals surface area contributed by atoms with Gasteiger partial charge < -0.3 is 14.8 Å². The van der Waals surface area contributed by atoms with Crippen LogP contribution in [0.5, 0.6) is 0 Å². The van der Waals surface area contributed by atoms with Gasteiger partial charge in [-0.25, -0.2) is 0 Å². The Hall–Kier alpha value is -1.82. The highest BCUT2D eigenvalue weighted by molar-refractivity contribution is 7.17. The summed E-state index contributed by atoms with van der Waals surface area (Å²) in [6, 6.07) is 4.22. The fourth-order valence-electron chi connectivity index (χ4n) is 4.63. The minimum atomic E-state index is -0.871. The Balaban J connectivity index is 1.71. The fraction of sp³-hybridized carbons (Fsp3) is 0.600. The molecule has 2 amide bonds. The summed E-state index contributed by atoms with van der Waals surface area (Å²) in [5.41, 5.74) is 0.880. The third-order valence-corrected chi connectivity index (χ3v) is 6.76. The van der Waals surface area contributed by atoms with E-state index in [2.05, 4.69) is 5.32 Å². The van der Waals surface area contributed by atoms with Crippen molar-refractivity contribution in [2.45, 2.75) is 77.0 Å². The normalized spacial score (nSPS) is 24.3. The highest BCUT2D eigenvalue weighted by Crippen LogP contribution is 2.35. The zero-order chi connectivity index (χ0) is 18.5. The smallest absolute Gasteiger partial charge is 0.271 e. The lowest BCUT2D eigenvalue weighted by Gasteiger charge is -2.46. The van der Waals surface area contributed by atoms with Gasteiger partial charge in [-0.3, -0.25) is 9.59 Å².